The molecule has 1 aromatic rings. The first-order valence-electron chi connectivity index (χ1n) is 10.4. The van der Waals surface area contributed by atoms with E-state index >= 15 is 0 Å². The van der Waals surface area contributed by atoms with Gasteiger partial charge in [0.1, 0.15) is 6.10 Å². The van der Waals surface area contributed by atoms with Gasteiger partial charge in [-0.1, -0.05) is 23.7 Å². The molecule has 6 nitrogen and oxygen atoms in total. The van der Waals surface area contributed by atoms with Gasteiger partial charge in [-0.2, -0.15) is 0 Å². The molecular weight excluding hydrogens is 503 g/mol. The van der Waals surface area contributed by atoms with Crippen LogP contribution in [0.25, 0.3) is 0 Å². The van der Waals surface area contributed by atoms with E-state index in [0.717, 1.165) is 63.0 Å². The second-order valence-electron chi connectivity index (χ2n) is 7.76. The van der Waals surface area contributed by atoms with Crippen molar-refractivity contribution >= 4 is 47.4 Å². The highest BCUT2D eigenvalue weighted by Crippen LogP contribution is 2.41. The molecule has 0 radical (unpaired) electrons. The third kappa shape index (κ3) is 5.55. The molecule has 8 heteroatoms. The Kier molecular flexibility index (Phi) is 8.04. The number of hydrogen-bond donors (Lipinski definition) is 1. The molecule has 1 saturated carbocycles. The van der Waals surface area contributed by atoms with Gasteiger partial charge in [0.2, 0.25) is 0 Å². The lowest BCUT2D eigenvalue weighted by Crippen LogP contribution is -2.55. The molecule has 4 rings (SSSR count). The predicted octanol–water partition coefficient (Wildman–Crippen LogP) is 3.10. The van der Waals surface area contributed by atoms with Crippen LogP contribution in [0.2, 0.25) is 5.02 Å². The van der Waals surface area contributed by atoms with E-state index in [2.05, 4.69) is 29.3 Å². The Hall–Kier alpha value is -1.06. The van der Waals surface area contributed by atoms with Crippen LogP contribution in [0.1, 0.15) is 37.7 Å². The fourth-order valence-corrected chi connectivity index (χ4v) is 4.33. The van der Waals surface area contributed by atoms with Crippen molar-refractivity contribution in [2.75, 3.05) is 39.3 Å². The van der Waals surface area contributed by atoms with Gasteiger partial charge >= 0.3 is 0 Å². The summed E-state index contributed by atoms with van der Waals surface area (Å²) in [5.41, 5.74) is 1.29. The molecule has 0 bridgehead atoms. The number of rotatable bonds is 4. The number of hydrogen-bond acceptors (Lipinski definition) is 3. The van der Waals surface area contributed by atoms with E-state index in [1.165, 1.54) is 5.56 Å². The third-order valence-electron chi connectivity index (χ3n) is 5.79. The summed E-state index contributed by atoms with van der Waals surface area (Å²) in [5.74, 6) is 1.60. The zero-order valence-corrected chi connectivity index (χ0v) is 19.9. The van der Waals surface area contributed by atoms with Gasteiger partial charge < -0.3 is 19.9 Å². The molecule has 3 aliphatic rings. The van der Waals surface area contributed by atoms with Crippen LogP contribution in [0.3, 0.4) is 0 Å². The predicted molar refractivity (Wildman–Crippen MR) is 126 cm³/mol. The highest BCUT2D eigenvalue weighted by Gasteiger charge is 2.40. The summed E-state index contributed by atoms with van der Waals surface area (Å²) in [6.07, 6.45) is 2.72. The van der Waals surface area contributed by atoms with Gasteiger partial charge in [-0.15, -0.1) is 24.0 Å². The number of nitrogens with one attached hydrogen (secondary N) is 1. The largest absolute Gasteiger partial charge is 0.368 e. The number of ether oxygens (including phenoxy) is 1. The van der Waals surface area contributed by atoms with Crippen molar-refractivity contribution in [1.29, 1.82) is 0 Å². The quantitative estimate of drug-likeness (QED) is 0.368. The van der Waals surface area contributed by atoms with Gasteiger partial charge in [-0.3, -0.25) is 9.79 Å². The summed E-state index contributed by atoms with van der Waals surface area (Å²) < 4.78 is 5.55. The Labute approximate surface area is 195 Å². The molecule has 3 atom stereocenters. The summed E-state index contributed by atoms with van der Waals surface area (Å²) in [7, 11) is 0. The number of amides is 1. The first-order chi connectivity index (χ1) is 13.7. The van der Waals surface area contributed by atoms with Crippen molar-refractivity contribution in [2.24, 2.45) is 4.99 Å². The minimum atomic E-state index is -0.224. The number of aliphatic imine (C=N–C) groups is 1. The lowest BCUT2D eigenvalue weighted by atomic mass is 10.1. The van der Waals surface area contributed by atoms with Crippen molar-refractivity contribution < 1.29 is 9.53 Å². The Balaban J connectivity index is 0.00000240. The second-order valence-corrected chi connectivity index (χ2v) is 8.20. The zero-order chi connectivity index (χ0) is 19.5. The van der Waals surface area contributed by atoms with Gasteiger partial charge in [-0.25, -0.2) is 0 Å². The van der Waals surface area contributed by atoms with Crippen LogP contribution in [-0.4, -0.2) is 73.1 Å². The molecule has 3 fully saturated rings. The van der Waals surface area contributed by atoms with Crippen molar-refractivity contribution in [2.45, 2.75) is 44.2 Å². The van der Waals surface area contributed by atoms with E-state index in [-0.39, 0.29) is 36.0 Å². The molecule has 1 amide bonds. The molecular formula is C21H30ClIN4O2. The molecule has 0 spiro atoms. The monoisotopic (exact) mass is 532 g/mol. The molecule has 1 aromatic carbocycles. The third-order valence-corrected chi connectivity index (χ3v) is 6.02. The van der Waals surface area contributed by atoms with E-state index in [0.29, 0.717) is 18.6 Å². The Morgan fingerprint density at radius 3 is 2.69 bits per heavy atom. The van der Waals surface area contributed by atoms with E-state index in [1.807, 2.05) is 17.0 Å². The number of carbonyl (C=O) groups excluding carboxylic acids is 1. The summed E-state index contributed by atoms with van der Waals surface area (Å²) in [4.78, 5) is 21.5. The van der Waals surface area contributed by atoms with E-state index < -0.39 is 0 Å². The van der Waals surface area contributed by atoms with Crippen LogP contribution >= 0.6 is 35.6 Å². The Morgan fingerprint density at radius 1 is 1.28 bits per heavy atom. The number of piperazine rings is 1. The molecule has 1 aliphatic carbocycles. The maximum absolute atomic E-state index is 12.5. The average Bonchev–Trinajstić information content (AvgIpc) is 3.26. The van der Waals surface area contributed by atoms with Crippen molar-refractivity contribution in [3.63, 3.8) is 0 Å². The second kappa shape index (κ2) is 10.3. The van der Waals surface area contributed by atoms with E-state index in [9.17, 15) is 4.79 Å². The lowest BCUT2D eigenvalue weighted by molar-refractivity contribution is -0.142. The highest BCUT2D eigenvalue weighted by molar-refractivity contribution is 14.0. The molecule has 1 N–H and O–H groups in total. The van der Waals surface area contributed by atoms with Crippen molar-refractivity contribution in [3.8, 4) is 0 Å². The van der Waals surface area contributed by atoms with Gasteiger partial charge in [0.05, 0.1) is 0 Å². The van der Waals surface area contributed by atoms with Crippen LogP contribution < -0.4 is 5.32 Å². The number of halogens is 2. The molecule has 29 heavy (non-hydrogen) atoms. The Morgan fingerprint density at radius 2 is 2.03 bits per heavy atom. The maximum Gasteiger partial charge on any atom is 0.251 e. The maximum atomic E-state index is 12.5. The zero-order valence-electron chi connectivity index (χ0n) is 16.8. The van der Waals surface area contributed by atoms with Crippen LogP contribution in [0, 0.1) is 0 Å². The van der Waals surface area contributed by atoms with Gasteiger partial charge in [0.25, 0.3) is 5.91 Å². The fourth-order valence-electron chi connectivity index (χ4n) is 4.13. The molecule has 0 aromatic heterocycles. The summed E-state index contributed by atoms with van der Waals surface area (Å²) in [6, 6.07) is 8.52. The Bertz CT molecular complexity index is 733. The topological polar surface area (TPSA) is 57.2 Å². The molecule has 2 heterocycles. The average molecular weight is 533 g/mol. The number of carbonyl (C=O) groups is 1. The van der Waals surface area contributed by atoms with Crippen LogP contribution in [0.5, 0.6) is 0 Å². The normalized spacial score (nSPS) is 26.8. The summed E-state index contributed by atoms with van der Waals surface area (Å²) in [5, 5.41) is 4.42. The number of guanidine groups is 1. The van der Waals surface area contributed by atoms with Crippen molar-refractivity contribution in [3.05, 3.63) is 34.9 Å². The minimum absolute atomic E-state index is 0. The first kappa shape index (κ1) is 22.6. The fraction of sp³-hybridized carbons (Fsp3) is 0.619. The number of nitrogens with zero attached hydrogens (tertiary/aromatic N) is 3. The SMILES string of the molecule is CCN=C(NC1CC1c1cccc(Cl)c1)N1CCN(C(=O)C2CCCO2)CC1.I. The van der Waals surface area contributed by atoms with Gasteiger partial charge in [-0.05, 0) is 43.9 Å². The molecule has 3 unspecified atom stereocenters. The lowest BCUT2D eigenvalue weighted by Gasteiger charge is -2.37. The highest BCUT2D eigenvalue weighted by atomic mass is 127. The minimum Gasteiger partial charge on any atom is -0.368 e. The molecule has 2 saturated heterocycles. The summed E-state index contributed by atoms with van der Waals surface area (Å²) in [6.45, 7) is 6.57. The number of benzene rings is 1. The van der Waals surface area contributed by atoms with Crippen molar-refractivity contribution in [1.82, 2.24) is 15.1 Å². The van der Waals surface area contributed by atoms with E-state index in [4.69, 9.17) is 21.3 Å². The van der Waals surface area contributed by atoms with Crippen LogP contribution in [0.4, 0.5) is 0 Å². The van der Waals surface area contributed by atoms with E-state index in [1.54, 1.807) is 0 Å². The standard InChI is InChI=1S/C21H29ClN4O2.HI/c1-2-23-21(24-18-14-17(18)15-5-3-6-16(22)13-15)26-10-8-25(9-11-26)20(27)19-7-4-12-28-19;/h3,5-6,13,17-19H,2,4,7-12,14H2,1H3,(H,23,24);1H. The summed E-state index contributed by atoms with van der Waals surface area (Å²) >= 11 is 6.13. The van der Waals surface area contributed by atoms with Gasteiger partial charge in [0.15, 0.2) is 5.96 Å². The van der Waals surface area contributed by atoms with Crippen LogP contribution in [-0.2, 0) is 9.53 Å². The van der Waals surface area contributed by atoms with Crippen LogP contribution in [0.15, 0.2) is 29.3 Å². The van der Waals surface area contributed by atoms with Gasteiger partial charge in [0, 0.05) is 56.3 Å². The molecule has 160 valence electrons. The molecule has 2 aliphatic heterocycles. The first-order valence-corrected chi connectivity index (χ1v) is 10.7. The smallest absolute Gasteiger partial charge is 0.251 e.